The van der Waals surface area contributed by atoms with Crippen molar-refractivity contribution >= 4 is 21.8 Å². The fraction of sp³-hybridized carbons (Fsp3) is 0.188. The lowest BCUT2D eigenvalue weighted by Crippen LogP contribution is -2.28. The second kappa shape index (κ2) is 6.70. The number of carbonyl (C=O) groups is 1. The SMILES string of the molecule is O=C(COc1cccc(Br)c1)NCc1ccc2c(c1)OCO2. The van der Waals surface area contributed by atoms with Gasteiger partial charge in [-0.05, 0) is 35.9 Å². The highest BCUT2D eigenvalue weighted by atomic mass is 79.9. The Balaban J connectivity index is 1.48. The van der Waals surface area contributed by atoms with Crippen molar-refractivity contribution in [2.45, 2.75) is 6.54 Å². The predicted molar refractivity (Wildman–Crippen MR) is 84.0 cm³/mol. The third kappa shape index (κ3) is 3.71. The Kier molecular flexibility index (Phi) is 4.48. The fourth-order valence-corrected chi connectivity index (χ4v) is 2.39. The van der Waals surface area contributed by atoms with Crippen LogP contribution >= 0.6 is 15.9 Å². The number of benzene rings is 2. The van der Waals surface area contributed by atoms with E-state index in [2.05, 4.69) is 21.2 Å². The van der Waals surface area contributed by atoms with E-state index in [1.165, 1.54) is 0 Å². The van der Waals surface area contributed by atoms with Gasteiger partial charge in [0.05, 0.1) is 0 Å². The number of fused-ring (bicyclic) bond motifs is 1. The van der Waals surface area contributed by atoms with Gasteiger partial charge in [0.2, 0.25) is 6.79 Å². The third-order valence-corrected chi connectivity index (χ3v) is 3.59. The van der Waals surface area contributed by atoms with Crippen LogP contribution in [0.2, 0.25) is 0 Å². The second-order valence-corrected chi connectivity index (χ2v) is 5.63. The molecule has 0 fully saturated rings. The molecule has 6 heteroatoms. The Morgan fingerprint density at radius 1 is 1.18 bits per heavy atom. The van der Waals surface area contributed by atoms with E-state index < -0.39 is 0 Å². The van der Waals surface area contributed by atoms with Crippen LogP contribution in [0.1, 0.15) is 5.56 Å². The number of amides is 1. The van der Waals surface area contributed by atoms with Crippen molar-refractivity contribution in [3.63, 3.8) is 0 Å². The molecule has 1 N–H and O–H groups in total. The average Bonchev–Trinajstić information content (AvgIpc) is 2.98. The van der Waals surface area contributed by atoms with Crippen molar-refractivity contribution in [3.8, 4) is 17.2 Å². The van der Waals surface area contributed by atoms with Crippen LogP contribution in [0.25, 0.3) is 0 Å². The van der Waals surface area contributed by atoms with Gasteiger partial charge in [0.15, 0.2) is 18.1 Å². The van der Waals surface area contributed by atoms with E-state index in [1.54, 1.807) is 6.07 Å². The molecule has 0 aliphatic carbocycles. The van der Waals surface area contributed by atoms with Crippen molar-refractivity contribution in [3.05, 3.63) is 52.5 Å². The standard InChI is InChI=1S/C16H14BrNO4/c17-12-2-1-3-13(7-12)20-9-16(19)18-8-11-4-5-14-15(6-11)22-10-21-14/h1-7H,8-10H2,(H,18,19). The van der Waals surface area contributed by atoms with Crippen LogP contribution in [0.15, 0.2) is 46.9 Å². The summed E-state index contributed by atoms with van der Waals surface area (Å²) >= 11 is 3.35. The number of hydrogen-bond acceptors (Lipinski definition) is 4. The summed E-state index contributed by atoms with van der Waals surface area (Å²) in [6, 6.07) is 12.9. The molecule has 0 spiro atoms. The molecular weight excluding hydrogens is 350 g/mol. The highest BCUT2D eigenvalue weighted by Gasteiger charge is 2.13. The van der Waals surface area contributed by atoms with Crippen LogP contribution in [-0.4, -0.2) is 19.3 Å². The van der Waals surface area contributed by atoms with E-state index in [4.69, 9.17) is 14.2 Å². The summed E-state index contributed by atoms with van der Waals surface area (Å²) < 4.78 is 16.9. The van der Waals surface area contributed by atoms with Crippen molar-refractivity contribution in [1.82, 2.24) is 5.32 Å². The van der Waals surface area contributed by atoms with E-state index >= 15 is 0 Å². The van der Waals surface area contributed by atoms with Gasteiger partial charge in [-0.15, -0.1) is 0 Å². The molecule has 0 bridgehead atoms. The largest absolute Gasteiger partial charge is 0.484 e. The zero-order valence-corrected chi connectivity index (χ0v) is 13.3. The first-order valence-corrected chi connectivity index (χ1v) is 7.53. The van der Waals surface area contributed by atoms with Crippen molar-refractivity contribution < 1.29 is 19.0 Å². The summed E-state index contributed by atoms with van der Waals surface area (Å²) in [5.74, 6) is 1.90. The molecule has 1 aliphatic heterocycles. The molecule has 0 atom stereocenters. The minimum absolute atomic E-state index is 0.0268. The minimum Gasteiger partial charge on any atom is -0.484 e. The molecule has 0 radical (unpaired) electrons. The van der Waals surface area contributed by atoms with Crippen molar-refractivity contribution in [1.29, 1.82) is 0 Å². The first kappa shape index (κ1) is 14.7. The Morgan fingerprint density at radius 3 is 2.91 bits per heavy atom. The highest BCUT2D eigenvalue weighted by Crippen LogP contribution is 2.32. The molecular formula is C16H14BrNO4. The summed E-state index contributed by atoms with van der Waals surface area (Å²) in [5, 5.41) is 2.80. The van der Waals surface area contributed by atoms with Crippen LogP contribution in [-0.2, 0) is 11.3 Å². The molecule has 0 saturated heterocycles. The Hall–Kier alpha value is -2.21. The van der Waals surface area contributed by atoms with Gasteiger partial charge < -0.3 is 19.5 Å². The van der Waals surface area contributed by atoms with Gasteiger partial charge in [-0.3, -0.25) is 4.79 Å². The van der Waals surface area contributed by atoms with Crippen molar-refractivity contribution in [2.75, 3.05) is 13.4 Å². The Bertz CT molecular complexity index is 690. The predicted octanol–water partition coefficient (Wildman–Crippen LogP) is 2.87. The number of halogens is 1. The summed E-state index contributed by atoms with van der Waals surface area (Å²) in [4.78, 5) is 11.8. The molecule has 22 heavy (non-hydrogen) atoms. The number of nitrogens with one attached hydrogen (secondary N) is 1. The summed E-state index contributed by atoms with van der Waals surface area (Å²) in [7, 11) is 0. The fourth-order valence-electron chi connectivity index (χ4n) is 2.01. The average molecular weight is 364 g/mol. The number of rotatable bonds is 5. The molecule has 1 aliphatic rings. The maximum atomic E-state index is 11.8. The molecule has 2 aromatic carbocycles. The maximum absolute atomic E-state index is 11.8. The molecule has 0 saturated carbocycles. The molecule has 2 aromatic rings. The lowest BCUT2D eigenvalue weighted by atomic mass is 10.2. The minimum atomic E-state index is -0.183. The highest BCUT2D eigenvalue weighted by molar-refractivity contribution is 9.10. The first-order valence-electron chi connectivity index (χ1n) is 6.74. The number of hydrogen-bond donors (Lipinski definition) is 1. The van der Waals surface area contributed by atoms with E-state index in [0.29, 0.717) is 18.0 Å². The van der Waals surface area contributed by atoms with Crippen LogP contribution < -0.4 is 19.5 Å². The Morgan fingerprint density at radius 2 is 2.05 bits per heavy atom. The summed E-state index contributed by atoms with van der Waals surface area (Å²) in [6.07, 6.45) is 0. The zero-order chi connectivity index (χ0) is 15.4. The second-order valence-electron chi connectivity index (χ2n) is 4.71. The maximum Gasteiger partial charge on any atom is 0.258 e. The van der Waals surface area contributed by atoms with Gasteiger partial charge >= 0.3 is 0 Å². The lowest BCUT2D eigenvalue weighted by Gasteiger charge is -2.08. The smallest absolute Gasteiger partial charge is 0.258 e. The van der Waals surface area contributed by atoms with E-state index in [0.717, 1.165) is 15.8 Å². The number of carbonyl (C=O) groups excluding carboxylic acids is 1. The van der Waals surface area contributed by atoms with Crippen molar-refractivity contribution in [2.24, 2.45) is 0 Å². The molecule has 5 nitrogen and oxygen atoms in total. The first-order chi connectivity index (χ1) is 10.7. The van der Waals surface area contributed by atoms with Gasteiger partial charge in [0.25, 0.3) is 5.91 Å². The van der Waals surface area contributed by atoms with E-state index in [1.807, 2.05) is 36.4 Å². The topological polar surface area (TPSA) is 56.8 Å². The number of ether oxygens (including phenoxy) is 3. The van der Waals surface area contributed by atoms with Gasteiger partial charge in [0, 0.05) is 11.0 Å². The van der Waals surface area contributed by atoms with Crippen LogP contribution in [0.4, 0.5) is 0 Å². The molecule has 0 unspecified atom stereocenters. The van der Waals surface area contributed by atoms with Gasteiger partial charge in [-0.1, -0.05) is 28.1 Å². The quantitative estimate of drug-likeness (QED) is 0.887. The summed E-state index contributed by atoms with van der Waals surface area (Å²) in [5.41, 5.74) is 0.944. The normalized spacial score (nSPS) is 12.0. The summed E-state index contributed by atoms with van der Waals surface area (Å²) in [6.45, 7) is 0.629. The van der Waals surface area contributed by atoms with Gasteiger partial charge in [-0.2, -0.15) is 0 Å². The van der Waals surface area contributed by atoms with E-state index in [-0.39, 0.29) is 19.3 Å². The van der Waals surface area contributed by atoms with Gasteiger partial charge in [-0.25, -0.2) is 0 Å². The molecule has 114 valence electrons. The molecule has 0 aromatic heterocycles. The van der Waals surface area contributed by atoms with Gasteiger partial charge in [0.1, 0.15) is 5.75 Å². The molecule has 3 rings (SSSR count). The Labute approximate surface area is 136 Å². The van der Waals surface area contributed by atoms with Crippen LogP contribution in [0.3, 0.4) is 0 Å². The van der Waals surface area contributed by atoms with E-state index in [9.17, 15) is 4.79 Å². The van der Waals surface area contributed by atoms with Crippen LogP contribution in [0, 0.1) is 0 Å². The third-order valence-electron chi connectivity index (χ3n) is 3.09. The zero-order valence-electron chi connectivity index (χ0n) is 11.7. The monoisotopic (exact) mass is 363 g/mol. The molecule has 1 heterocycles. The van der Waals surface area contributed by atoms with Crippen LogP contribution in [0.5, 0.6) is 17.2 Å². The molecule has 1 amide bonds. The lowest BCUT2D eigenvalue weighted by molar-refractivity contribution is -0.123.